The van der Waals surface area contributed by atoms with E-state index in [0.717, 1.165) is 37.1 Å². The molecule has 1 aliphatic rings. The average Bonchev–Trinajstić information content (AvgIpc) is 2.82. The van der Waals surface area contributed by atoms with Crippen LogP contribution >= 0.6 is 0 Å². The number of nitrogens with zero attached hydrogens (tertiary/aromatic N) is 2. The van der Waals surface area contributed by atoms with Gasteiger partial charge in [-0.3, -0.25) is 0 Å². The maximum absolute atomic E-state index is 14.0. The Kier molecular flexibility index (Phi) is 3.48. The zero-order valence-corrected chi connectivity index (χ0v) is 11.7. The summed E-state index contributed by atoms with van der Waals surface area (Å²) in [4.78, 5) is 4.53. The Morgan fingerprint density at radius 1 is 1.40 bits per heavy atom. The van der Waals surface area contributed by atoms with E-state index in [1.807, 2.05) is 6.07 Å². The summed E-state index contributed by atoms with van der Waals surface area (Å²) < 4.78 is 21.4. The van der Waals surface area contributed by atoms with Crippen LogP contribution < -0.4 is 5.73 Å². The molecule has 20 heavy (non-hydrogen) atoms. The third-order valence-electron chi connectivity index (χ3n) is 4.01. The molecule has 1 fully saturated rings. The van der Waals surface area contributed by atoms with Crippen LogP contribution in [0.3, 0.4) is 0 Å². The van der Waals surface area contributed by atoms with Gasteiger partial charge < -0.3 is 15.0 Å². The summed E-state index contributed by atoms with van der Waals surface area (Å²) in [6.45, 7) is 4.17. The van der Waals surface area contributed by atoms with Crippen LogP contribution in [0.15, 0.2) is 18.2 Å². The summed E-state index contributed by atoms with van der Waals surface area (Å²) in [5, 5.41) is 0. The molecule has 0 aliphatic carbocycles. The van der Waals surface area contributed by atoms with Gasteiger partial charge in [0, 0.05) is 19.8 Å². The van der Waals surface area contributed by atoms with E-state index in [1.165, 1.54) is 6.07 Å². The van der Waals surface area contributed by atoms with Crippen LogP contribution in [0.5, 0.6) is 0 Å². The number of aromatic nitrogens is 2. The molecule has 2 heterocycles. The number of fused-ring (bicyclic) bond motifs is 1. The van der Waals surface area contributed by atoms with E-state index in [1.54, 1.807) is 6.07 Å². The molecule has 108 valence electrons. The summed E-state index contributed by atoms with van der Waals surface area (Å²) in [5.41, 5.74) is 7.28. The first-order valence-corrected chi connectivity index (χ1v) is 7.17. The second-order valence-corrected chi connectivity index (χ2v) is 5.46. The van der Waals surface area contributed by atoms with Gasteiger partial charge in [0.15, 0.2) is 5.82 Å². The number of para-hydroxylation sites is 1. The number of imidazole rings is 1. The summed E-state index contributed by atoms with van der Waals surface area (Å²) in [5.74, 6) is 0.511. The minimum atomic E-state index is -0.515. The fourth-order valence-electron chi connectivity index (χ4n) is 2.90. The molecule has 3 rings (SSSR count). The number of hydrogen-bond acceptors (Lipinski definition) is 3. The van der Waals surface area contributed by atoms with Gasteiger partial charge in [-0.15, -0.1) is 0 Å². The fraction of sp³-hybridized carbons (Fsp3) is 0.533. The molecule has 0 spiro atoms. The van der Waals surface area contributed by atoms with Gasteiger partial charge in [0.05, 0.1) is 11.1 Å². The lowest BCUT2D eigenvalue weighted by Gasteiger charge is -2.33. The minimum absolute atomic E-state index is 0.283. The van der Waals surface area contributed by atoms with Gasteiger partial charge in [0.2, 0.25) is 0 Å². The van der Waals surface area contributed by atoms with Gasteiger partial charge in [0.25, 0.3) is 0 Å². The number of benzene rings is 1. The molecule has 0 unspecified atom stereocenters. The normalized spacial score (nSPS) is 18.6. The molecule has 1 aromatic carbocycles. The molecule has 4 nitrogen and oxygen atoms in total. The highest BCUT2D eigenvalue weighted by atomic mass is 19.1. The Balaban J connectivity index is 2.18. The van der Waals surface area contributed by atoms with Crippen LogP contribution in [0, 0.1) is 5.82 Å². The first-order valence-electron chi connectivity index (χ1n) is 7.17. The monoisotopic (exact) mass is 277 g/mol. The average molecular weight is 277 g/mol. The van der Waals surface area contributed by atoms with E-state index >= 15 is 0 Å². The zero-order chi connectivity index (χ0) is 14.2. The Labute approximate surface area is 117 Å². The molecule has 0 amide bonds. The Hall–Kier alpha value is -1.46. The van der Waals surface area contributed by atoms with E-state index in [2.05, 4.69) is 16.5 Å². The highest BCUT2D eigenvalue weighted by Crippen LogP contribution is 2.32. The number of aryl methyl sites for hydroxylation is 1. The molecule has 2 aromatic rings. The second-order valence-electron chi connectivity index (χ2n) is 5.46. The molecule has 1 saturated heterocycles. The van der Waals surface area contributed by atoms with Crippen LogP contribution in [0.1, 0.15) is 32.0 Å². The fourth-order valence-corrected chi connectivity index (χ4v) is 2.90. The molecule has 0 bridgehead atoms. The maximum Gasteiger partial charge on any atom is 0.151 e. The van der Waals surface area contributed by atoms with E-state index in [9.17, 15) is 4.39 Å². The highest BCUT2D eigenvalue weighted by molar-refractivity contribution is 5.77. The van der Waals surface area contributed by atoms with Crippen LogP contribution in [-0.4, -0.2) is 22.8 Å². The van der Waals surface area contributed by atoms with Crippen LogP contribution in [0.2, 0.25) is 0 Å². The van der Waals surface area contributed by atoms with Crippen molar-refractivity contribution in [3.8, 4) is 0 Å². The highest BCUT2D eigenvalue weighted by Gasteiger charge is 2.35. The van der Waals surface area contributed by atoms with Crippen molar-refractivity contribution in [2.24, 2.45) is 5.73 Å². The van der Waals surface area contributed by atoms with Crippen molar-refractivity contribution in [1.82, 2.24) is 9.55 Å². The quantitative estimate of drug-likeness (QED) is 0.938. The minimum Gasteiger partial charge on any atom is -0.381 e. The molecule has 2 N–H and O–H groups in total. The van der Waals surface area contributed by atoms with Crippen LogP contribution in [0.25, 0.3) is 11.0 Å². The summed E-state index contributed by atoms with van der Waals surface area (Å²) >= 11 is 0. The lowest BCUT2D eigenvalue weighted by Crippen LogP contribution is -2.44. The van der Waals surface area contributed by atoms with Gasteiger partial charge in [-0.05, 0) is 31.4 Å². The number of nitrogens with two attached hydrogens (primary N) is 1. The third-order valence-corrected chi connectivity index (χ3v) is 4.01. The van der Waals surface area contributed by atoms with Gasteiger partial charge in [0.1, 0.15) is 11.3 Å². The largest absolute Gasteiger partial charge is 0.381 e. The van der Waals surface area contributed by atoms with E-state index < -0.39 is 5.54 Å². The molecule has 1 aliphatic heterocycles. The maximum atomic E-state index is 14.0. The molecule has 1 aromatic heterocycles. The number of rotatable bonds is 3. The number of hydrogen-bond donors (Lipinski definition) is 1. The lowest BCUT2D eigenvalue weighted by atomic mass is 9.90. The molecule has 0 radical (unpaired) electrons. The van der Waals surface area contributed by atoms with Gasteiger partial charge in [-0.1, -0.05) is 13.0 Å². The predicted octanol–water partition coefficient (Wildman–Crippen LogP) is 2.55. The topological polar surface area (TPSA) is 53.1 Å². The van der Waals surface area contributed by atoms with Crippen molar-refractivity contribution in [3.05, 3.63) is 29.8 Å². The lowest BCUT2D eigenvalue weighted by molar-refractivity contribution is 0.0480. The summed E-state index contributed by atoms with van der Waals surface area (Å²) in [6.07, 6.45) is 2.41. The Morgan fingerprint density at radius 2 is 2.15 bits per heavy atom. The second kappa shape index (κ2) is 5.14. The van der Waals surface area contributed by atoms with E-state index in [0.29, 0.717) is 18.7 Å². The number of ether oxygens (including phenoxy) is 1. The smallest absolute Gasteiger partial charge is 0.151 e. The summed E-state index contributed by atoms with van der Waals surface area (Å²) in [6, 6.07) is 5.08. The van der Waals surface area contributed by atoms with Crippen molar-refractivity contribution < 1.29 is 9.13 Å². The first-order chi connectivity index (χ1) is 9.65. The van der Waals surface area contributed by atoms with Crippen LogP contribution in [-0.2, 0) is 16.8 Å². The molecule has 0 saturated carbocycles. The Bertz CT molecular complexity index is 617. The van der Waals surface area contributed by atoms with Crippen molar-refractivity contribution >= 4 is 11.0 Å². The third kappa shape index (κ3) is 2.11. The first kappa shape index (κ1) is 13.5. The number of halogens is 1. The predicted molar refractivity (Wildman–Crippen MR) is 75.9 cm³/mol. The Morgan fingerprint density at radius 3 is 2.85 bits per heavy atom. The van der Waals surface area contributed by atoms with Gasteiger partial charge in [-0.25, -0.2) is 9.37 Å². The molecular formula is C15H20FN3O. The van der Waals surface area contributed by atoms with Crippen molar-refractivity contribution in [2.45, 2.75) is 38.3 Å². The van der Waals surface area contributed by atoms with Gasteiger partial charge in [-0.2, -0.15) is 0 Å². The SMILES string of the molecule is CCCn1c(C2(N)CCOCC2)nc2c(F)cccc21. The molecule has 5 heteroatoms. The van der Waals surface area contributed by atoms with Crippen LogP contribution in [0.4, 0.5) is 4.39 Å². The standard InChI is InChI=1S/C15H20FN3O/c1-2-8-19-12-5-3-4-11(16)13(12)18-14(19)15(17)6-9-20-10-7-15/h3-5H,2,6-10,17H2,1H3. The summed E-state index contributed by atoms with van der Waals surface area (Å²) in [7, 11) is 0. The van der Waals surface area contributed by atoms with Crippen molar-refractivity contribution in [3.63, 3.8) is 0 Å². The zero-order valence-electron chi connectivity index (χ0n) is 11.7. The molecular weight excluding hydrogens is 257 g/mol. The van der Waals surface area contributed by atoms with Crippen molar-refractivity contribution in [2.75, 3.05) is 13.2 Å². The van der Waals surface area contributed by atoms with E-state index in [-0.39, 0.29) is 5.82 Å². The van der Waals surface area contributed by atoms with Gasteiger partial charge >= 0.3 is 0 Å². The van der Waals surface area contributed by atoms with Crippen molar-refractivity contribution in [1.29, 1.82) is 0 Å². The van der Waals surface area contributed by atoms with E-state index in [4.69, 9.17) is 10.5 Å². The molecule has 0 atom stereocenters.